The third-order valence-corrected chi connectivity index (χ3v) is 4.27. The number of rotatable bonds is 3. The first-order valence-electron chi connectivity index (χ1n) is 7.78. The topological polar surface area (TPSA) is 38.2 Å². The Kier molecular flexibility index (Phi) is 3.50. The van der Waals surface area contributed by atoms with Crippen LogP contribution in [0.25, 0.3) is 21.7 Å². The average Bonchev–Trinajstić information content (AvgIpc) is 2.66. The molecule has 0 unspecified atom stereocenters. The number of methoxy groups -OCH3 is 1. The van der Waals surface area contributed by atoms with Crippen LogP contribution < -0.4 is 9.64 Å². The molecular weight excluding hydrogens is 298 g/mol. The van der Waals surface area contributed by atoms with Crippen molar-refractivity contribution >= 4 is 33.2 Å². The molecule has 0 bridgehead atoms. The van der Waals surface area contributed by atoms with Gasteiger partial charge in [-0.05, 0) is 41.8 Å². The largest absolute Gasteiger partial charge is 0.496 e. The van der Waals surface area contributed by atoms with E-state index in [4.69, 9.17) is 4.74 Å². The van der Waals surface area contributed by atoms with Crippen LogP contribution in [-0.2, 0) is 0 Å². The fraction of sp³-hybridized carbons (Fsp3) is 0.100. The van der Waals surface area contributed by atoms with Crippen LogP contribution in [0.3, 0.4) is 0 Å². The number of hydrogen-bond acceptors (Lipinski definition) is 4. The molecule has 118 valence electrons. The molecule has 0 amide bonds. The Hall–Kier alpha value is -3.14. The molecule has 0 saturated heterocycles. The molecule has 0 aliphatic rings. The normalized spacial score (nSPS) is 10.9. The first-order valence-corrected chi connectivity index (χ1v) is 7.78. The average molecular weight is 315 g/mol. The number of para-hydroxylation sites is 1. The summed E-state index contributed by atoms with van der Waals surface area (Å²) in [5.41, 5.74) is 2.01. The van der Waals surface area contributed by atoms with Crippen molar-refractivity contribution in [2.75, 3.05) is 19.1 Å². The van der Waals surface area contributed by atoms with Gasteiger partial charge in [-0.15, -0.1) is 0 Å². The Balaban J connectivity index is 1.84. The summed E-state index contributed by atoms with van der Waals surface area (Å²) in [4.78, 5) is 10.9. The molecule has 0 N–H and O–H groups in total. The Bertz CT molecular complexity index is 1020. The number of nitrogens with zero attached hydrogens (tertiary/aromatic N) is 3. The SMILES string of the molecule is COc1cccc2cc(N(C)c3ncnc4ccccc34)ccc12. The van der Waals surface area contributed by atoms with Crippen LogP contribution in [-0.4, -0.2) is 24.1 Å². The van der Waals surface area contributed by atoms with E-state index in [1.54, 1.807) is 13.4 Å². The smallest absolute Gasteiger partial charge is 0.144 e. The molecule has 24 heavy (non-hydrogen) atoms. The highest BCUT2D eigenvalue weighted by molar-refractivity contribution is 5.94. The molecule has 4 aromatic rings. The molecule has 1 aromatic heterocycles. The van der Waals surface area contributed by atoms with Crippen molar-refractivity contribution in [1.82, 2.24) is 9.97 Å². The first-order chi connectivity index (χ1) is 11.8. The van der Waals surface area contributed by atoms with E-state index in [0.717, 1.165) is 38.9 Å². The van der Waals surface area contributed by atoms with Gasteiger partial charge in [0.15, 0.2) is 0 Å². The van der Waals surface area contributed by atoms with Crippen molar-refractivity contribution in [1.29, 1.82) is 0 Å². The fourth-order valence-corrected chi connectivity index (χ4v) is 3.01. The first kappa shape index (κ1) is 14.5. The number of benzene rings is 3. The van der Waals surface area contributed by atoms with Gasteiger partial charge in [-0.1, -0.05) is 24.3 Å². The van der Waals surface area contributed by atoms with Crippen LogP contribution in [0, 0.1) is 0 Å². The fourth-order valence-electron chi connectivity index (χ4n) is 3.01. The zero-order valence-corrected chi connectivity index (χ0v) is 13.6. The minimum atomic E-state index is 0.884. The van der Waals surface area contributed by atoms with Crippen molar-refractivity contribution < 1.29 is 4.74 Å². The van der Waals surface area contributed by atoms with E-state index in [2.05, 4.69) is 39.1 Å². The molecule has 0 spiro atoms. The quantitative estimate of drug-likeness (QED) is 0.555. The lowest BCUT2D eigenvalue weighted by atomic mass is 10.1. The van der Waals surface area contributed by atoms with Gasteiger partial charge in [0.1, 0.15) is 17.9 Å². The van der Waals surface area contributed by atoms with E-state index >= 15 is 0 Å². The lowest BCUT2D eigenvalue weighted by Crippen LogP contribution is -2.11. The Morgan fingerprint density at radius 2 is 1.75 bits per heavy atom. The third kappa shape index (κ3) is 2.33. The van der Waals surface area contributed by atoms with Gasteiger partial charge in [0, 0.05) is 23.5 Å². The van der Waals surface area contributed by atoms with Gasteiger partial charge in [-0.25, -0.2) is 9.97 Å². The van der Waals surface area contributed by atoms with E-state index < -0.39 is 0 Å². The molecule has 0 radical (unpaired) electrons. The van der Waals surface area contributed by atoms with Gasteiger partial charge < -0.3 is 9.64 Å². The molecule has 4 rings (SSSR count). The predicted octanol–water partition coefficient (Wildman–Crippen LogP) is 4.56. The molecule has 4 nitrogen and oxygen atoms in total. The number of anilines is 2. The van der Waals surface area contributed by atoms with Gasteiger partial charge >= 0.3 is 0 Å². The predicted molar refractivity (Wildman–Crippen MR) is 98.1 cm³/mol. The Labute approximate surface area is 140 Å². The molecule has 0 saturated carbocycles. The summed E-state index contributed by atoms with van der Waals surface area (Å²) < 4.78 is 5.44. The van der Waals surface area contributed by atoms with Crippen LogP contribution in [0.15, 0.2) is 67.0 Å². The maximum absolute atomic E-state index is 5.44. The monoisotopic (exact) mass is 315 g/mol. The van der Waals surface area contributed by atoms with E-state index in [-0.39, 0.29) is 0 Å². The van der Waals surface area contributed by atoms with Gasteiger partial charge in [0.2, 0.25) is 0 Å². The second kappa shape index (κ2) is 5.81. The maximum Gasteiger partial charge on any atom is 0.144 e. The molecule has 0 atom stereocenters. The number of hydrogen-bond donors (Lipinski definition) is 0. The lowest BCUT2D eigenvalue weighted by molar-refractivity contribution is 0.420. The number of ether oxygens (including phenoxy) is 1. The summed E-state index contributed by atoms with van der Waals surface area (Å²) in [6, 6.07) is 20.4. The van der Waals surface area contributed by atoms with Gasteiger partial charge in [-0.3, -0.25) is 0 Å². The lowest BCUT2D eigenvalue weighted by Gasteiger charge is -2.20. The van der Waals surface area contributed by atoms with Crippen LogP contribution in [0.4, 0.5) is 11.5 Å². The zero-order valence-electron chi connectivity index (χ0n) is 13.6. The van der Waals surface area contributed by atoms with Crippen LogP contribution in [0.5, 0.6) is 5.75 Å². The second-order valence-electron chi connectivity index (χ2n) is 5.64. The van der Waals surface area contributed by atoms with Gasteiger partial charge in [-0.2, -0.15) is 0 Å². The summed E-state index contributed by atoms with van der Waals surface area (Å²) in [5.74, 6) is 1.78. The van der Waals surface area contributed by atoms with E-state index in [9.17, 15) is 0 Å². The number of fused-ring (bicyclic) bond motifs is 2. The van der Waals surface area contributed by atoms with Crippen LogP contribution in [0.2, 0.25) is 0 Å². The highest BCUT2D eigenvalue weighted by Gasteiger charge is 2.11. The summed E-state index contributed by atoms with van der Waals surface area (Å²) in [6.07, 6.45) is 1.61. The van der Waals surface area contributed by atoms with Gasteiger partial charge in [0.25, 0.3) is 0 Å². The molecule has 0 aliphatic heterocycles. The standard InChI is InChI=1S/C20H17N3O/c1-23(20-17-7-3-4-8-18(17)21-13-22-20)15-10-11-16-14(12-15)6-5-9-19(16)24-2/h3-13H,1-2H3. The Morgan fingerprint density at radius 3 is 2.62 bits per heavy atom. The van der Waals surface area contributed by atoms with Crippen LogP contribution >= 0.6 is 0 Å². The van der Waals surface area contributed by atoms with Crippen molar-refractivity contribution in [2.45, 2.75) is 0 Å². The minimum Gasteiger partial charge on any atom is -0.496 e. The Morgan fingerprint density at radius 1 is 0.875 bits per heavy atom. The van der Waals surface area contributed by atoms with Crippen molar-refractivity contribution in [3.8, 4) is 5.75 Å². The molecule has 1 heterocycles. The summed E-state index contributed by atoms with van der Waals surface area (Å²) in [6.45, 7) is 0. The molecular formula is C20H17N3O. The second-order valence-corrected chi connectivity index (χ2v) is 5.64. The van der Waals surface area contributed by atoms with Gasteiger partial charge in [0.05, 0.1) is 12.6 Å². The van der Waals surface area contributed by atoms with Crippen molar-refractivity contribution in [3.63, 3.8) is 0 Å². The number of aromatic nitrogens is 2. The van der Waals surface area contributed by atoms with Crippen LogP contribution in [0.1, 0.15) is 0 Å². The zero-order chi connectivity index (χ0) is 16.5. The summed E-state index contributed by atoms with van der Waals surface area (Å²) in [5, 5.41) is 3.27. The summed E-state index contributed by atoms with van der Waals surface area (Å²) >= 11 is 0. The maximum atomic E-state index is 5.44. The molecule has 4 heteroatoms. The van der Waals surface area contributed by atoms with E-state index in [0.29, 0.717) is 0 Å². The van der Waals surface area contributed by atoms with E-state index in [1.165, 1.54) is 0 Å². The molecule has 0 fully saturated rings. The molecule has 0 aliphatic carbocycles. The third-order valence-electron chi connectivity index (χ3n) is 4.27. The highest BCUT2D eigenvalue weighted by Crippen LogP contribution is 2.32. The minimum absolute atomic E-state index is 0.884. The highest BCUT2D eigenvalue weighted by atomic mass is 16.5. The summed E-state index contributed by atoms with van der Waals surface area (Å²) in [7, 11) is 3.72. The van der Waals surface area contributed by atoms with Crippen molar-refractivity contribution in [2.24, 2.45) is 0 Å². The molecule has 3 aromatic carbocycles. The van der Waals surface area contributed by atoms with Crippen molar-refractivity contribution in [3.05, 3.63) is 67.0 Å². The van der Waals surface area contributed by atoms with E-state index in [1.807, 2.05) is 43.4 Å².